The van der Waals surface area contributed by atoms with E-state index in [4.69, 9.17) is 0 Å². The van der Waals surface area contributed by atoms with Crippen LogP contribution in [-0.2, 0) is 4.79 Å². The molecule has 1 aromatic carbocycles. The molecule has 2 unspecified atom stereocenters. The summed E-state index contributed by atoms with van der Waals surface area (Å²) in [6.45, 7) is 1.83. The first-order valence-electron chi connectivity index (χ1n) is 7.63. The summed E-state index contributed by atoms with van der Waals surface area (Å²) in [5, 5.41) is 3.62. The third-order valence-corrected chi connectivity index (χ3v) is 5.82. The summed E-state index contributed by atoms with van der Waals surface area (Å²) >= 11 is 5.19. The predicted octanol–water partition coefficient (Wildman–Crippen LogP) is 3.28. The Morgan fingerprint density at radius 3 is 2.81 bits per heavy atom. The second-order valence-corrected chi connectivity index (χ2v) is 7.90. The first-order chi connectivity index (χ1) is 10.2. The molecule has 2 aliphatic heterocycles. The van der Waals surface area contributed by atoms with Gasteiger partial charge in [-0.05, 0) is 43.5 Å². The lowest BCUT2D eigenvalue weighted by atomic mass is 10.1. The number of hydrogen-bond acceptors (Lipinski definition) is 3. The molecule has 0 aliphatic carbocycles. The Bertz CT molecular complexity index is 494. The lowest BCUT2D eigenvalue weighted by molar-refractivity contribution is -0.130. The number of benzene rings is 1. The van der Waals surface area contributed by atoms with Gasteiger partial charge in [0.2, 0.25) is 5.91 Å². The maximum absolute atomic E-state index is 12.3. The zero-order valence-corrected chi connectivity index (χ0v) is 14.5. The molecule has 2 saturated heterocycles. The molecule has 0 radical (unpaired) electrons. The van der Waals surface area contributed by atoms with Gasteiger partial charge in [0.15, 0.2) is 0 Å². The largest absolute Gasteiger partial charge is 0.341 e. The summed E-state index contributed by atoms with van der Waals surface area (Å²) in [4.78, 5) is 15.6. The first-order valence-corrected chi connectivity index (χ1v) is 9.41. The van der Waals surface area contributed by atoms with Crippen LogP contribution in [0.1, 0.15) is 25.7 Å². The van der Waals surface area contributed by atoms with Gasteiger partial charge < -0.3 is 10.2 Å². The summed E-state index contributed by atoms with van der Waals surface area (Å²) < 4.78 is 1.09. The quantitative estimate of drug-likeness (QED) is 0.827. The lowest BCUT2D eigenvalue weighted by Gasteiger charge is -2.24. The van der Waals surface area contributed by atoms with E-state index in [-0.39, 0.29) is 0 Å². The van der Waals surface area contributed by atoms with Crippen LogP contribution in [0.2, 0.25) is 0 Å². The van der Waals surface area contributed by atoms with Crippen LogP contribution >= 0.6 is 27.7 Å². The Morgan fingerprint density at radius 2 is 2.00 bits per heavy atom. The summed E-state index contributed by atoms with van der Waals surface area (Å²) in [6, 6.07) is 9.44. The average Bonchev–Trinajstić information content (AvgIpc) is 2.80. The van der Waals surface area contributed by atoms with Crippen molar-refractivity contribution in [3.8, 4) is 0 Å². The van der Waals surface area contributed by atoms with Crippen LogP contribution in [0.15, 0.2) is 33.6 Å². The van der Waals surface area contributed by atoms with Gasteiger partial charge in [-0.1, -0.05) is 15.9 Å². The Kier molecular flexibility index (Phi) is 5.24. The molecule has 2 heterocycles. The van der Waals surface area contributed by atoms with Crippen molar-refractivity contribution in [2.45, 2.75) is 42.7 Å². The fourth-order valence-corrected chi connectivity index (χ4v) is 4.22. The van der Waals surface area contributed by atoms with E-state index >= 15 is 0 Å². The van der Waals surface area contributed by atoms with E-state index in [0.717, 1.165) is 29.7 Å². The Morgan fingerprint density at radius 1 is 1.24 bits per heavy atom. The smallest absolute Gasteiger partial charge is 0.223 e. The van der Waals surface area contributed by atoms with Gasteiger partial charge in [0.1, 0.15) is 0 Å². The highest BCUT2D eigenvalue weighted by Gasteiger charge is 2.30. The van der Waals surface area contributed by atoms with E-state index < -0.39 is 0 Å². The zero-order valence-electron chi connectivity index (χ0n) is 12.1. The maximum Gasteiger partial charge on any atom is 0.223 e. The van der Waals surface area contributed by atoms with E-state index in [0.29, 0.717) is 24.4 Å². The molecule has 21 heavy (non-hydrogen) atoms. The fraction of sp³-hybridized carbons (Fsp3) is 0.562. The number of fused-ring (bicyclic) bond motifs is 2. The number of thioether (sulfide) groups is 1. The summed E-state index contributed by atoms with van der Waals surface area (Å²) in [7, 11) is 0. The molecule has 2 fully saturated rings. The highest BCUT2D eigenvalue weighted by molar-refractivity contribution is 9.10. The Labute approximate surface area is 139 Å². The second kappa shape index (κ2) is 7.16. The first kappa shape index (κ1) is 15.4. The molecule has 0 aromatic heterocycles. The van der Waals surface area contributed by atoms with Crippen LogP contribution in [0.5, 0.6) is 0 Å². The molecule has 1 N–H and O–H groups in total. The third kappa shape index (κ3) is 4.24. The molecular formula is C16H21BrN2OS. The van der Waals surface area contributed by atoms with E-state index in [9.17, 15) is 4.79 Å². The number of halogens is 1. The second-order valence-electron chi connectivity index (χ2n) is 5.82. The van der Waals surface area contributed by atoms with E-state index in [1.807, 2.05) is 12.1 Å². The summed E-state index contributed by atoms with van der Waals surface area (Å²) in [5.41, 5.74) is 0. The molecule has 2 atom stereocenters. The van der Waals surface area contributed by atoms with Gasteiger partial charge in [0, 0.05) is 46.7 Å². The van der Waals surface area contributed by atoms with Gasteiger partial charge >= 0.3 is 0 Å². The van der Waals surface area contributed by atoms with Crippen molar-refractivity contribution in [1.29, 1.82) is 0 Å². The average molecular weight is 369 g/mol. The van der Waals surface area contributed by atoms with Crippen LogP contribution in [0.3, 0.4) is 0 Å². The van der Waals surface area contributed by atoms with Crippen LogP contribution in [-0.4, -0.2) is 41.7 Å². The topological polar surface area (TPSA) is 32.3 Å². The van der Waals surface area contributed by atoms with Gasteiger partial charge in [-0.25, -0.2) is 0 Å². The standard InChI is InChI=1S/C16H21BrN2OS/c17-12-1-5-15(6-2-12)21-10-8-16(20)19-9-7-13-3-4-14(11-19)18-13/h1-2,5-6,13-14,18H,3-4,7-11H2. The number of carbonyl (C=O) groups excluding carboxylic acids is 1. The van der Waals surface area contributed by atoms with E-state index in [2.05, 4.69) is 38.3 Å². The van der Waals surface area contributed by atoms with Gasteiger partial charge in [-0.15, -0.1) is 11.8 Å². The molecule has 3 nitrogen and oxygen atoms in total. The molecule has 2 bridgehead atoms. The van der Waals surface area contributed by atoms with Crippen LogP contribution in [0, 0.1) is 0 Å². The minimum absolute atomic E-state index is 0.314. The van der Waals surface area contributed by atoms with Gasteiger partial charge in [-0.3, -0.25) is 4.79 Å². The van der Waals surface area contributed by atoms with E-state index in [1.54, 1.807) is 11.8 Å². The van der Waals surface area contributed by atoms with Crippen LogP contribution < -0.4 is 5.32 Å². The fourth-order valence-electron chi connectivity index (χ4n) is 3.11. The van der Waals surface area contributed by atoms with Gasteiger partial charge in [-0.2, -0.15) is 0 Å². The van der Waals surface area contributed by atoms with Crippen molar-refractivity contribution in [1.82, 2.24) is 10.2 Å². The molecule has 1 aromatic rings. The van der Waals surface area contributed by atoms with E-state index in [1.165, 1.54) is 17.7 Å². The van der Waals surface area contributed by atoms with Crippen molar-refractivity contribution < 1.29 is 4.79 Å². The highest BCUT2D eigenvalue weighted by Crippen LogP contribution is 2.23. The number of carbonyl (C=O) groups is 1. The van der Waals surface area contributed by atoms with Crippen molar-refractivity contribution in [2.75, 3.05) is 18.8 Å². The van der Waals surface area contributed by atoms with Crippen molar-refractivity contribution >= 4 is 33.6 Å². The molecular weight excluding hydrogens is 348 g/mol. The maximum atomic E-state index is 12.3. The third-order valence-electron chi connectivity index (χ3n) is 4.27. The van der Waals surface area contributed by atoms with Crippen LogP contribution in [0.4, 0.5) is 0 Å². The molecule has 3 rings (SSSR count). The minimum Gasteiger partial charge on any atom is -0.341 e. The molecule has 0 saturated carbocycles. The number of nitrogens with zero attached hydrogens (tertiary/aromatic N) is 1. The summed E-state index contributed by atoms with van der Waals surface area (Å²) in [5.74, 6) is 1.17. The highest BCUT2D eigenvalue weighted by atomic mass is 79.9. The van der Waals surface area contributed by atoms with Gasteiger partial charge in [0.25, 0.3) is 0 Å². The molecule has 5 heteroatoms. The molecule has 1 amide bonds. The Balaban J connectivity index is 1.44. The monoisotopic (exact) mass is 368 g/mol. The van der Waals surface area contributed by atoms with Crippen molar-refractivity contribution in [2.24, 2.45) is 0 Å². The molecule has 0 spiro atoms. The number of hydrogen-bond donors (Lipinski definition) is 1. The Hall–Kier alpha value is -0.520. The van der Waals surface area contributed by atoms with Crippen molar-refractivity contribution in [3.63, 3.8) is 0 Å². The predicted molar refractivity (Wildman–Crippen MR) is 90.6 cm³/mol. The number of amides is 1. The number of rotatable bonds is 4. The zero-order chi connectivity index (χ0) is 14.7. The van der Waals surface area contributed by atoms with Crippen LogP contribution in [0.25, 0.3) is 0 Å². The minimum atomic E-state index is 0.314. The molecule has 114 valence electrons. The normalized spacial score (nSPS) is 24.9. The number of likely N-dealkylation sites (tertiary alicyclic amines) is 1. The van der Waals surface area contributed by atoms with Gasteiger partial charge in [0.05, 0.1) is 0 Å². The SMILES string of the molecule is O=C(CCSc1ccc(Br)cc1)N1CCC2CCC(C1)N2. The van der Waals surface area contributed by atoms with Crippen molar-refractivity contribution in [3.05, 3.63) is 28.7 Å². The number of nitrogens with one attached hydrogen (secondary N) is 1. The summed E-state index contributed by atoms with van der Waals surface area (Å²) in [6.07, 6.45) is 4.26. The molecule has 2 aliphatic rings. The lowest BCUT2D eigenvalue weighted by Crippen LogP contribution is -2.39.